The van der Waals surface area contributed by atoms with Gasteiger partial charge in [-0.05, 0) is 45.5 Å². The zero-order chi connectivity index (χ0) is 11.5. The number of hydrogen-bond donors (Lipinski definition) is 0. The minimum atomic E-state index is 0.108. The fraction of sp³-hybridized carbons (Fsp3) is 0.500. The van der Waals surface area contributed by atoms with Crippen molar-refractivity contribution in [2.75, 3.05) is 13.0 Å². The molecule has 84 valence electrons. The van der Waals surface area contributed by atoms with Gasteiger partial charge in [-0.3, -0.25) is 0 Å². The highest BCUT2D eigenvalue weighted by molar-refractivity contribution is 9.10. The van der Waals surface area contributed by atoms with Crippen molar-refractivity contribution >= 4 is 27.5 Å². The number of alkyl halides is 1. The molecule has 0 heterocycles. The van der Waals surface area contributed by atoms with E-state index < -0.39 is 0 Å². The largest absolute Gasteiger partial charge is 0.496 e. The second-order valence-electron chi connectivity index (χ2n) is 4.17. The Labute approximate surface area is 105 Å². The molecule has 0 aliphatic rings. The summed E-state index contributed by atoms with van der Waals surface area (Å²) in [7, 11) is 1.67. The van der Waals surface area contributed by atoms with Crippen molar-refractivity contribution < 1.29 is 4.74 Å². The van der Waals surface area contributed by atoms with Gasteiger partial charge in [0.15, 0.2) is 0 Å². The Kier molecular flexibility index (Phi) is 4.47. The van der Waals surface area contributed by atoms with Gasteiger partial charge in [-0.2, -0.15) is 0 Å². The minimum Gasteiger partial charge on any atom is -0.496 e. The molecule has 0 spiro atoms. The highest BCUT2D eigenvalue weighted by atomic mass is 79.9. The zero-order valence-electron chi connectivity index (χ0n) is 9.31. The molecule has 1 aromatic rings. The van der Waals surface area contributed by atoms with Crippen LogP contribution >= 0.6 is 27.5 Å². The van der Waals surface area contributed by atoms with Crippen molar-refractivity contribution in [2.45, 2.75) is 25.7 Å². The Morgan fingerprint density at radius 2 is 2.07 bits per heavy atom. The molecule has 0 aliphatic carbocycles. The monoisotopic (exact) mass is 290 g/mol. The van der Waals surface area contributed by atoms with Gasteiger partial charge in [0, 0.05) is 5.88 Å². The van der Waals surface area contributed by atoms with E-state index in [2.05, 4.69) is 41.9 Å². The highest BCUT2D eigenvalue weighted by Gasteiger charge is 2.20. The van der Waals surface area contributed by atoms with Gasteiger partial charge in [-0.25, -0.2) is 0 Å². The molecule has 0 aromatic heterocycles. The molecule has 0 amide bonds. The summed E-state index contributed by atoms with van der Waals surface area (Å²) in [6.07, 6.45) is 0.966. The molecule has 0 unspecified atom stereocenters. The molecule has 1 aromatic carbocycles. The van der Waals surface area contributed by atoms with Crippen LogP contribution in [0.25, 0.3) is 0 Å². The number of halogens is 2. The molecule has 0 N–H and O–H groups in total. The first-order valence-electron chi connectivity index (χ1n) is 4.91. The van der Waals surface area contributed by atoms with Crippen molar-refractivity contribution in [1.82, 2.24) is 0 Å². The highest BCUT2D eigenvalue weighted by Crippen LogP contribution is 2.33. The smallest absolute Gasteiger partial charge is 0.133 e. The predicted molar refractivity (Wildman–Crippen MR) is 69.1 cm³/mol. The first-order chi connectivity index (χ1) is 7.01. The number of methoxy groups -OCH3 is 1. The summed E-state index contributed by atoms with van der Waals surface area (Å²) in [5.74, 6) is 1.54. The second kappa shape index (κ2) is 5.22. The van der Waals surface area contributed by atoms with Crippen molar-refractivity contribution in [2.24, 2.45) is 0 Å². The lowest BCUT2D eigenvalue weighted by atomic mass is 9.82. The van der Waals surface area contributed by atoms with E-state index in [-0.39, 0.29) is 5.41 Å². The SMILES string of the molecule is COc1ccc(C(C)(C)CCCl)cc1Br. The van der Waals surface area contributed by atoms with Gasteiger partial charge in [0.25, 0.3) is 0 Å². The molecule has 1 nitrogen and oxygen atoms in total. The average Bonchev–Trinajstić information content (AvgIpc) is 2.17. The van der Waals surface area contributed by atoms with Crippen LogP contribution in [-0.4, -0.2) is 13.0 Å². The third-order valence-corrected chi connectivity index (χ3v) is 3.46. The van der Waals surface area contributed by atoms with Crippen LogP contribution < -0.4 is 4.74 Å². The van der Waals surface area contributed by atoms with Crippen LogP contribution in [0.3, 0.4) is 0 Å². The van der Waals surface area contributed by atoms with E-state index in [0.29, 0.717) is 5.88 Å². The number of hydrogen-bond acceptors (Lipinski definition) is 1. The lowest BCUT2D eigenvalue weighted by molar-refractivity contribution is 0.411. The molecule has 0 saturated carbocycles. The second-order valence-corrected chi connectivity index (χ2v) is 5.40. The predicted octanol–water partition coefficient (Wildman–Crippen LogP) is 4.36. The first-order valence-corrected chi connectivity index (χ1v) is 6.24. The van der Waals surface area contributed by atoms with Gasteiger partial charge < -0.3 is 4.74 Å². The molecule has 0 saturated heterocycles. The molecule has 0 aliphatic heterocycles. The molecular formula is C12H16BrClO. The van der Waals surface area contributed by atoms with Crippen LogP contribution in [0.2, 0.25) is 0 Å². The lowest BCUT2D eigenvalue weighted by Gasteiger charge is -2.24. The summed E-state index contributed by atoms with van der Waals surface area (Å²) in [6.45, 7) is 4.40. The fourth-order valence-corrected chi connectivity index (χ4v) is 2.48. The lowest BCUT2D eigenvalue weighted by Crippen LogP contribution is -2.17. The average molecular weight is 292 g/mol. The minimum absolute atomic E-state index is 0.108. The van der Waals surface area contributed by atoms with Crippen molar-refractivity contribution in [3.63, 3.8) is 0 Å². The molecule has 0 bridgehead atoms. The summed E-state index contributed by atoms with van der Waals surface area (Å²) >= 11 is 9.29. The Bertz CT molecular complexity index is 336. The van der Waals surface area contributed by atoms with Gasteiger partial charge in [0.05, 0.1) is 11.6 Å². The Morgan fingerprint density at radius 1 is 1.40 bits per heavy atom. The van der Waals surface area contributed by atoms with E-state index in [4.69, 9.17) is 16.3 Å². The topological polar surface area (TPSA) is 9.23 Å². The quantitative estimate of drug-likeness (QED) is 0.749. The van der Waals surface area contributed by atoms with E-state index >= 15 is 0 Å². The Morgan fingerprint density at radius 3 is 2.53 bits per heavy atom. The van der Waals surface area contributed by atoms with Gasteiger partial charge in [-0.15, -0.1) is 11.6 Å². The van der Waals surface area contributed by atoms with Crippen LogP contribution in [0, 0.1) is 0 Å². The zero-order valence-corrected chi connectivity index (χ0v) is 11.7. The molecular weight excluding hydrogens is 275 g/mol. The van der Waals surface area contributed by atoms with E-state index in [1.165, 1.54) is 5.56 Å². The van der Waals surface area contributed by atoms with Crippen molar-refractivity contribution in [3.05, 3.63) is 28.2 Å². The first kappa shape index (κ1) is 12.9. The van der Waals surface area contributed by atoms with Gasteiger partial charge in [0.2, 0.25) is 0 Å². The van der Waals surface area contributed by atoms with Gasteiger partial charge in [0.1, 0.15) is 5.75 Å². The number of rotatable bonds is 4. The molecule has 0 fully saturated rings. The summed E-state index contributed by atoms with van der Waals surface area (Å²) in [6, 6.07) is 6.18. The van der Waals surface area contributed by atoms with Crippen molar-refractivity contribution in [1.29, 1.82) is 0 Å². The molecule has 0 atom stereocenters. The van der Waals surface area contributed by atoms with E-state index in [0.717, 1.165) is 16.6 Å². The number of benzene rings is 1. The molecule has 1 rings (SSSR count). The normalized spacial score (nSPS) is 11.5. The van der Waals surface area contributed by atoms with Crippen molar-refractivity contribution in [3.8, 4) is 5.75 Å². The summed E-state index contributed by atoms with van der Waals surface area (Å²) in [5.41, 5.74) is 1.38. The van der Waals surface area contributed by atoms with Crippen LogP contribution in [-0.2, 0) is 5.41 Å². The van der Waals surface area contributed by atoms with Crippen LogP contribution in [0.5, 0.6) is 5.75 Å². The Balaban J connectivity index is 3.01. The van der Waals surface area contributed by atoms with E-state index in [1.54, 1.807) is 7.11 Å². The maximum Gasteiger partial charge on any atom is 0.133 e. The van der Waals surface area contributed by atoms with Gasteiger partial charge >= 0.3 is 0 Å². The molecule has 0 radical (unpaired) electrons. The molecule has 3 heteroatoms. The van der Waals surface area contributed by atoms with E-state index in [1.807, 2.05) is 6.07 Å². The standard InChI is InChI=1S/C12H16BrClO/c1-12(2,6-7-14)9-4-5-11(15-3)10(13)8-9/h4-5,8H,6-7H2,1-3H3. The maximum absolute atomic E-state index is 5.80. The third-order valence-electron chi connectivity index (χ3n) is 2.65. The maximum atomic E-state index is 5.80. The third kappa shape index (κ3) is 3.12. The summed E-state index contributed by atoms with van der Waals surface area (Å²) in [5, 5.41) is 0. The molecule has 15 heavy (non-hydrogen) atoms. The summed E-state index contributed by atoms with van der Waals surface area (Å²) in [4.78, 5) is 0. The van der Waals surface area contributed by atoms with Gasteiger partial charge in [-0.1, -0.05) is 19.9 Å². The van der Waals surface area contributed by atoms with E-state index in [9.17, 15) is 0 Å². The number of ether oxygens (including phenoxy) is 1. The summed E-state index contributed by atoms with van der Waals surface area (Å²) < 4.78 is 6.19. The van der Waals surface area contributed by atoms with Crippen LogP contribution in [0.4, 0.5) is 0 Å². The van der Waals surface area contributed by atoms with Crippen LogP contribution in [0.1, 0.15) is 25.8 Å². The fourth-order valence-electron chi connectivity index (χ4n) is 1.47. The Hall–Kier alpha value is -0.210. The van der Waals surface area contributed by atoms with Crippen LogP contribution in [0.15, 0.2) is 22.7 Å².